The van der Waals surface area contributed by atoms with E-state index in [1.54, 1.807) is 18.2 Å². The summed E-state index contributed by atoms with van der Waals surface area (Å²) < 4.78 is 26.8. The van der Waals surface area contributed by atoms with Crippen LogP contribution in [0.15, 0.2) is 35.2 Å². The number of sulfonamides is 1. The molecule has 10 heteroatoms. The molecular formula is C20H32N4O5S. The molecule has 0 unspecified atom stereocenters. The van der Waals surface area contributed by atoms with Gasteiger partial charge in [0.25, 0.3) is 0 Å². The molecule has 1 heterocycles. The second kappa shape index (κ2) is 12.6. The number of piperidine rings is 1. The van der Waals surface area contributed by atoms with E-state index >= 15 is 0 Å². The summed E-state index contributed by atoms with van der Waals surface area (Å²) >= 11 is 0. The Bertz CT molecular complexity index is 767. The van der Waals surface area contributed by atoms with Gasteiger partial charge in [-0.15, -0.1) is 0 Å². The van der Waals surface area contributed by atoms with Gasteiger partial charge >= 0.3 is 5.97 Å². The first kappa shape index (κ1) is 24.3. The van der Waals surface area contributed by atoms with Gasteiger partial charge in [-0.05, 0) is 63.4 Å². The minimum absolute atomic E-state index is 0.0115. The van der Waals surface area contributed by atoms with Crippen molar-refractivity contribution in [3.63, 3.8) is 0 Å². The highest BCUT2D eigenvalue weighted by Crippen LogP contribution is 2.14. The van der Waals surface area contributed by atoms with Gasteiger partial charge in [-0.2, -0.15) is 4.72 Å². The number of aliphatic carboxylic acids is 1. The zero-order chi connectivity index (χ0) is 21.8. The van der Waals surface area contributed by atoms with Crippen LogP contribution in [0.1, 0.15) is 32.1 Å². The van der Waals surface area contributed by atoms with E-state index in [0.29, 0.717) is 31.8 Å². The number of rotatable bonds is 13. The van der Waals surface area contributed by atoms with E-state index in [4.69, 9.17) is 0 Å². The summed E-state index contributed by atoms with van der Waals surface area (Å²) in [4.78, 5) is 23.3. The molecule has 0 saturated carbocycles. The second-order valence-electron chi connectivity index (χ2n) is 7.46. The third-order valence-corrected chi connectivity index (χ3v) is 6.58. The van der Waals surface area contributed by atoms with Crippen LogP contribution in [0.4, 0.5) is 0 Å². The van der Waals surface area contributed by atoms with Crippen LogP contribution < -0.4 is 20.7 Å². The fraction of sp³-hybridized carbons (Fsp3) is 0.600. The van der Waals surface area contributed by atoms with Crippen LogP contribution in [0.3, 0.4) is 0 Å². The average Bonchev–Trinajstić information content (AvgIpc) is 2.74. The summed E-state index contributed by atoms with van der Waals surface area (Å²) in [5.74, 6) is -0.621. The van der Waals surface area contributed by atoms with Crippen LogP contribution in [0, 0.1) is 5.92 Å². The first-order valence-electron chi connectivity index (χ1n) is 10.4. The third-order valence-electron chi connectivity index (χ3n) is 5.09. The van der Waals surface area contributed by atoms with Crippen molar-refractivity contribution in [2.24, 2.45) is 5.92 Å². The smallest absolute Gasteiger partial charge is 0.323 e. The Balaban J connectivity index is 1.62. The number of carbonyl (C=O) groups is 2. The fourth-order valence-electron chi connectivity index (χ4n) is 3.33. The summed E-state index contributed by atoms with van der Waals surface area (Å²) in [6.07, 6.45) is 4.17. The zero-order valence-electron chi connectivity index (χ0n) is 17.1. The van der Waals surface area contributed by atoms with Gasteiger partial charge in [0, 0.05) is 19.5 Å². The summed E-state index contributed by atoms with van der Waals surface area (Å²) in [7, 11) is -3.92. The molecule has 1 atom stereocenters. The molecule has 0 spiro atoms. The van der Waals surface area contributed by atoms with Crippen molar-refractivity contribution < 1.29 is 23.1 Å². The van der Waals surface area contributed by atoms with Gasteiger partial charge in [0.15, 0.2) is 0 Å². The Morgan fingerprint density at radius 2 is 1.83 bits per heavy atom. The highest BCUT2D eigenvalue weighted by Gasteiger charge is 2.24. The van der Waals surface area contributed by atoms with E-state index in [0.717, 1.165) is 32.4 Å². The lowest BCUT2D eigenvalue weighted by Crippen LogP contribution is -2.47. The molecule has 2 rings (SSSR count). The monoisotopic (exact) mass is 440 g/mol. The molecule has 30 heavy (non-hydrogen) atoms. The van der Waals surface area contributed by atoms with Gasteiger partial charge in [-0.1, -0.05) is 18.2 Å². The van der Waals surface area contributed by atoms with Crippen LogP contribution >= 0.6 is 0 Å². The average molecular weight is 441 g/mol. The Morgan fingerprint density at radius 1 is 1.13 bits per heavy atom. The molecule has 5 N–H and O–H groups in total. The van der Waals surface area contributed by atoms with Crippen molar-refractivity contribution in [3.05, 3.63) is 30.3 Å². The number of carboxylic acids is 1. The number of benzene rings is 1. The maximum Gasteiger partial charge on any atom is 0.323 e. The molecular weight excluding hydrogens is 408 g/mol. The highest BCUT2D eigenvalue weighted by molar-refractivity contribution is 7.89. The Morgan fingerprint density at radius 3 is 2.50 bits per heavy atom. The quantitative estimate of drug-likeness (QED) is 0.278. The number of nitrogens with one attached hydrogen (secondary N) is 4. The van der Waals surface area contributed by atoms with E-state index in [1.807, 2.05) is 0 Å². The Kier molecular flexibility index (Phi) is 10.2. The zero-order valence-corrected chi connectivity index (χ0v) is 17.9. The summed E-state index contributed by atoms with van der Waals surface area (Å²) in [6.45, 7) is 3.11. The van der Waals surface area contributed by atoms with Crippen molar-refractivity contribution in [2.45, 2.75) is 43.0 Å². The van der Waals surface area contributed by atoms with Gasteiger partial charge in [-0.3, -0.25) is 9.59 Å². The molecule has 0 bridgehead atoms. The van der Waals surface area contributed by atoms with Crippen LogP contribution in [0.2, 0.25) is 0 Å². The largest absolute Gasteiger partial charge is 0.480 e. The number of hydrogen-bond acceptors (Lipinski definition) is 6. The topological polar surface area (TPSA) is 137 Å². The van der Waals surface area contributed by atoms with Crippen molar-refractivity contribution in [1.29, 1.82) is 0 Å². The number of amides is 1. The molecule has 1 aromatic rings. The SMILES string of the molecule is O=C(CCCNC[C@H](NS(=O)(=O)c1ccccc1)C(=O)O)NCCC1CCNCC1. The molecule has 0 aromatic heterocycles. The van der Waals surface area contributed by atoms with Crippen LogP contribution in [-0.2, 0) is 19.6 Å². The third kappa shape index (κ3) is 8.78. The van der Waals surface area contributed by atoms with Crippen LogP contribution in [0.25, 0.3) is 0 Å². The van der Waals surface area contributed by atoms with Gasteiger partial charge in [0.2, 0.25) is 15.9 Å². The van der Waals surface area contributed by atoms with Crippen LogP contribution in [0.5, 0.6) is 0 Å². The predicted molar refractivity (Wildman–Crippen MR) is 114 cm³/mol. The van der Waals surface area contributed by atoms with Crippen molar-refractivity contribution in [3.8, 4) is 0 Å². The minimum atomic E-state index is -3.92. The van der Waals surface area contributed by atoms with Crippen molar-refractivity contribution in [2.75, 3.05) is 32.7 Å². The fourth-order valence-corrected chi connectivity index (χ4v) is 4.54. The molecule has 1 saturated heterocycles. The van der Waals surface area contributed by atoms with Crippen LogP contribution in [-0.4, -0.2) is 64.2 Å². The second-order valence-corrected chi connectivity index (χ2v) is 9.18. The van der Waals surface area contributed by atoms with E-state index in [1.165, 1.54) is 12.1 Å². The number of hydrogen-bond donors (Lipinski definition) is 5. The molecule has 1 amide bonds. The molecule has 1 aromatic carbocycles. The lowest BCUT2D eigenvalue weighted by atomic mass is 9.95. The molecule has 168 valence electrons. The first-order valence-corrected chi connectivity index (χ1v) is 11.8. The maximum absolute atomic E-state index is 12.3. The predicted octanol–water partition coefficient (Wildman–Crippen LogP) is 0.294. The number of carboxylic acid groups (broad SMARTS) is 1. The molecule has 1 aliphatic heterocycles. The summed E-state index contributed by atoms with van der Waals surface area (Å²) in [5.41, 5.74) is 0. The molecule has 9 nitrogen and oxygen atoms in total. The molecule has 0 aliphatic carbocycles. The lowest BCUT2D eigenvalue weighted by Gasteiger charge is -2.22. The van der Waals surface area contributed by atoms with Gasteiger partial charge in [-0.25, -0.2) is 8.42 Å². The Labute approximate surface area is 178 Å². The van der Waals surface area contributed by atoms with E-state index < -0.39 is 22.0 Å². The summed E-state index contributed by atoms with van der Waals surface area (Å²) in [5, 5.41) is 18.5. The molecule has 1 fully saturated rings. The van der Waals surface area contributed by atoms with Gasteiger partial charge in [0.1, 0.15) is 6.04 Å². The van der Waals surface area contributed by atoms with E-state index in [-0.39, 0.29) is 17.3 Å². The highest BCUT2D eigenvalue weighted by atomic mass is 32.2. The lowest BCUT2D eigenvalue weighted by molar-refractivity contribution is -0.138. The minimum Gasteiger partial charge on any atom is -0.480 e. The standard InChI is InChI=1S/C20H32N4O5S/c25-19(23-14-10-16-8-12-21-13-9-16)7-4-11-22-15-18(20(26)27)24-30(28,29)17-5-2-1-3-6-17/h1-3,5-6,16,18,21-22,24H,4,7-15H2,(H,23,25)(H,26,27)/t18-/m0/s1. The maximum atomic E-state index is 12.3. The normalized spacial score (nSPS) is 16.1. The molecule has 0 radical (unpaired) electrons. The number of carbonyl (C=O) groups excluding carboxylic acids is 1. The Hall–Kier alpha value is -2.01. The van der Waals surface area contributed by atoms with Crippen molar-refractivity contribution in [1.82, 2.24) is 20.7 Å². The first-order chi connectivity index (χ1) is 14.4. The van der Waals surface area contributed by atoms with Gasteiger partial charge in [0.05, 0.1) is 4.90 Å². The van der Waals surface area contributed by atoms with E-state index in [9.17, 15) is 23.1 Å². The van der Waals surface area contributed by atoms with Crippen molar-refractivity contribution >= 4 is 21.9 Å². The summed E-state index contributed by atoms with van der Waals surface area (Å²) in [6, 6.07) is 6.32. The van der Waals surface area contributed by atoms with E-state index in [2.05, 4.69) is 20.7 Å². The van der Waals surface area contributed by atoms with Gasteiger partial charge < -0.3 is 21.1 Å². The molecule has 1 aliphatic rings.